The fraction of sp³-hybridized carbons (Fsp3) is 0.211. The van der Waals surface area contributed by atoms with Crippen LogP contribution in [0.1, 0.15) is 13.3 Å². The molecule has 1 heterocycles. The highest BCUT2D eigenvalue weighted by molar-refractivity contribution is 5.84. The lowest BCUT2D eigenvalue weighted by atomic mass is 10.0. The van der Waals surface area contributed by atoms with E-state index in [-0.39, 0.29) is 5.56 Å². The Balaban J connectivity index is 2.24. The Labute approximate surface area is 129 Å². The summed E-state index contributed by atoms with van der Waals surface area (Å²) in [6, 6.07) is 17.6. The van der Waals surface area contributed by atoms with Gasteiger partial charge in [0.25, 0.3) is 5.56 Å². The van der Waals surface area contributed by atoms with Crippen LogP contribution in [-0.2, 0) is 6.54 Å². The highest BCUT2D eigenvalue weighted by Crippen LogP contribution is 2.23. The predicted octanol–water partition coefficient (Wildman–Crippen LogP) is 4.09. The van der Waals surface area contributed by atoms with Crippen molar-refractivity contribution < 1.29 is 4.74 Å². The van der Waals surface area contributed by atoms with Gasteiger partial charge in [-0.2, -0.15) is 0 Å². The molecule has 0 aliphatic carbocycles. The quantitative estimate of drug-likeness (QED) is 0.725. The Morgan fingerprint density at radius 2 is 1.77 bits per heavy atom. The number of aryl methyl sites for hydroxylation is 1. The zero-order valence-electron chi connectivity index (χ0n) is 12.9. The van der Waals surface area contributed by atoms with Gasteiger partial charge in [0, 0.05) is 12.1 Å². The van der Waals surface area contributed by atoms with E-state index in [1.165, 1.54) is 0 Å². The summed E-state index contributed by atoms with van der Waals surface area (Å²) in [7, 11) is 1.64. The molecule has 3 aromatic rings. The normalized spacial score (nSPS) is 10.8. The van der Waals surface area contributed by atoms with Gasteiger partial charge in [0.15, 0.2) is 0 Å². The predicted molar refractivity (Wildman–Crippen MR) is 90.5 cm³/mol. The average molecular weight is 293 g/mol. The minimum absolute atomic E-state index is 0.0608. The van der Waals surface area contributed by atoms with Gasteiger partial charge in [0.2, 0.25) is 0 Å². The molecule has 3 heteroatoms. The highest BCUT2D eigenvalue weighted by atomic mass is 16.5. The molecular weight excluding hydrogens is 274 g/mol. The van der Waals surface area contributed by atoms with Crippen LogP contribution in [0.25, 0.3) is 22.0 Å². The molecule has 0 bridgehead atoms. The molecule has 0 saturated carbocycles. The minimum Gasteiger partial charge on any atom is -0.497 e. The fourth-order valence-corrected chi connectivity index (χ4v) is 2.75. The van der Waals surface area contributed by atoms with Gasteiger partial charge in [0.05, 0.1) is 12.6 Å². The van der Waals surface area contributed by atoms with Crippen molar-refractivity contribution in [2.24, 2.45) is 0 Å². The molecule has 2 aromatic carbocycles. The second-order valence-corrected chi connectivity index (χ2v) is 5.30. The third-order valence-electron chi connectivity index (χ3n) is 3.85. The third kappa shape index (κ3) is 2.50. The van der Waals surface area contributed by atoms with Crippen LogP contribution in [-0.4, -0.2) is 11.7 Å². The van der Waals surface area contributed by atoms with Crippen molar-refractivity contribution in [2.75, 3.05) is 7.11 Å². The van der Waals surface area contributed by atoms with Gasteiger partial charge >= 0.3 is 0 Å². The van der Waals surface area contributed by atoms with E-state index in [2.05, 4.69) is 6.92 Å². The molecule has 3 rings (SSSR count). The van der Waals surface area contributed by atoms with Gasteiger partial charge in [-0.1, -0.05) is 37.3 Å². The summed E-state index contributed by atoms with van der Waals surface area (Å²) in [5.74, 6) is 0.790. The molecule has 0 saturated heterocycles. The molecule has 112 valence electrons. The van der Waals surface area contributed by atoms with Crippen LogP contribution in [0.15, 0.2) is 59.4 Å². The average Bonchev–Trinajstić information content (AvgIpc) is 2.57. The monoisotopic (exact) mass is 293 g/mol. The topological polar surface area (TPSA) is 31.2 Å². The van der Waals surface area contributed by atoms with Crippen molar-refractivity contribution in [1.29, 1.82) is 0 Å². The van der Waals surface area contributed by atoms with Crippen LogP contribution in [0, 0.1) is 0 Å². The van der Waals surface area contributed by atoms with Crippen molar-refractivity contribution >= 4 is 10.9 Å². The maximum atomic E-state index is 12.9. The first-order valence-corrected chi connectivity index (χ1v) is 7.51. The molecule has 0 atom stereocenters. The Kier molecular flexibility index (Phi) is 3.96. The Morgan fingerprint density at radius 3 is 2.45 bits per heavy atom. The second-order valence-electron chi connectivity index (χ2n) is 5.30. The van der Waals surface area contributed by atoms with Crippen LogP contribution in [0.4, 0.5) is 0 Å². The first-order chi connectivity index (χ1) is 10.7. The molecule has 0 unspecified atom stereocenters. The summed E-state index contributed by atoms with van der Waals surface area (Å²) >= 11 is 0. The van der Waals surface area contributed by atoms with E-state index in [4.69, 9.17) is 4.74 Å². The number of hydrogen-bond donors (Lipinski definition) is 0. The second kappa shape index (κ2) is 6.06. The molecule has 0 aliphatic rings. The third-order valence-corrected chi connectivity index (χ3v) is 3.85. The maximum Gasteiger partial charge on any atom is 0.258 e. The number of benzene rings is 2. The number of para-hydroxylation sites is 1. The summed E-state index contributed by atoms with van der Waals surface area (Å²) < 4.78 is 7.05. The molecule has 3 nitrogen and oxygen atoms in total. The molecule has 0 amide bonds. The van der Waals surface area contributed by atoms with Gasteiger partial charge < -0.3 is 9.30 Å². The van der Waals surface area contributed by atoms with Gasteiger partial charge in [-0.15, -0.1) is 0 Å². The lowest BCUT2D eigenvalue weighted by molar-refractivity contribution is 0.415. The maximum absolute atomic E-state index is 12.9. The SMILES string of the molecule is CCCn1c(=O)c(-c2ccc(OC)cc2)cc2ccccc21. The van der Waals surface area contributed by atoms with Crippen molar-refractivity contribution in [2.45, 2.75) is 19.9 Å². The summed E-state index contributed by atoms with van der Waals surface area (Å²) in [6.07, 6.45) is 0.927. The summed E-state index contributed by atoms with van der Waals surface area (Å²) in [4.78, 5) is 12.9. The number of hydrogen-bond acceptors (Lipinski definition) is 2. The zero-order chi connectivity index (χ0) is 15.5. The van der Waals surface area contributed by atoms with E-state index in [0.717, 1.165) is 40.7 Å². The van der Waals surface area contributed by atoms with Crippen LogP contribution in [0.3, 0.4) is 0 Å². The highest BCUT2D eigenvalue weighted by Gasteiger charge is 2.10. The fourth-order valence-electron chi connectivity index (χ4n) is 2.75. The largest absolute Gasteiger partial charge is 0.497 e. The molecule has 0 aliphatic heterocycles. The number of methoxy groups -OCH3 is 1. The van der Waals surface area contributed by atoms with E-state index in [0.29, 0.717) is 0 Å². The Bertz CT molecular complexity index is 847. The summed E-state index contributed by atoms with van der Waals surface area (Å²) in [5, 5.41) is 1.08. The zero-order valence-corrected chi connectivity index (χ0v) is 12.9. The standard InChI is InChI=1S/C19H19NO2/c1-3-12-20-18-7-5-4-6-15(18)13-17(19(20)21)14-8-10-16(22-2)11-9-14/h4-11,13H,3,12H2,1-2H3. The van der Waals surface area contributed by atoms with Crippen molar-refractivity contribution in [3.63, 3.8) is 0 Å². The molecule has 0 fully saturated rings. The van der Waals surface area contributed by atoms with Crippen LogP contribution < -0.4 is 10.3 Å². The van der Waals surface area contributed by atoms with Crippen molar-refractivity contribution in [1.82, 2.24) is 4.57 Å². The molecule has 0 N–H and O–H groups in total. The summed E-state index contributed by atoms with van der Waals surface area (Å²) in [6.45, 7) is 2.81. The van der Waals surface area contributed by atoms with Gasteiger partial charge in [-0.25, -0.2) is 0 Å². The molecular formula is C19H19NO2. The summed E-state index contributed by atoms with van der Waals surface area (Å²) in [5.41, 5.74) is 2.70. The first kappa shape index (κ1) is 14.4. The number of nitrogens with zero attached hydrogens (tertiary/aromatic N) is 1. The number of fused-ring (bicyclic) bond motifs is 1. The van der Waals surface area contributed by atoms with Crippen LogP contribution in [0.5, 0.6) is 5.75 Å². The van der Waals surface area contributed by atoms with Crippen molar-refractivity contribution in [3.8, 4) is 16.9 Å². The number of aromatic nitrogens is 1. The van der Waals surface area contributed by atoms with Gasteiger partial charge in [-0.3, -0.25) is 4.79 Å². The van der Waals surface area contributed by atoms with E-state index in [1.54, 1.807) is 7.11 Å². The Morgan fingerprint density at radius 1 is 1.05 bits per heavy atom. The van der Waals surface area contributed by atoms with E-state index in [1.807, 2.05) is 59.2 Å². The first-order valence-electron chi connectivity index (χ1n) is 7.51. The van der Waals surface area contributed by atoms with Crippen LogP contribution in [0.2, 0.25) is 0 Å². The number of ether oxygens (including phenoxy) is 1. The molecule has 22 heavy (non-hydrogen) atoms. The molecule has 0 spiro atoms. The molecule has 1 aromatic heterocycles. The van der Waals surface area contributed by atoms with Crippen LogP contribution >= 0.6 is 0 Å². The van der Waals surface area contributed by atoms with Gasteiger partial charge in [-0.05, 0) is 41.6 Å². The Hall–Kier alpha value is -2.55. The number of pyridine rings is 1. The lowest BCUT2D eigenvalue weighted by Crippen LogP contribution is -2.22. The minimum atomic E-state index is 0.0608. The van der Waals surface area contributed by atoms with Crippen molar-refractivity contribution in [3.05, 3.63) is 65.0 Å². The molecule has 0 radical (unpaired) electrons. The van der Waals surface area contributed by atoms with E-state index >= 15 is 0 Å². The van der Waals surface area contributed by atoms with E-state index in [9.17, 15) is 4.79 Å². The van der Waals surface area contributed by atoms with Gasteiger partial charge in [0.1, 0.15) is 5.75 Å². The smallest absolute Gasteiger partial charge is 0.258 e. The van der Waals surface area contributed by atoms with E-state index < -0.39 is 0 Å². The lowest BCUT2D eigenvalue weighted by Gasteiger charge is -2.12. The number of rotatable bonds is 4.